The van der Waals surface area contributed by atoms with Crippen LogP contribution in [0.4, 0.5) is 17.1 Å². The molecular weight excluding hydrogens is 352 g/mol. The Morgan fingerprint density at radius 2 is 1.03 bits per heavy atom. The molecule has 0 unspecified atom stereocenters. The van der Waals surface area contributed by atoms with Gasteiger partial charge in [-0.15, -0.1) is 0 Å². The van der Waals surface area contributed by atoms with Gasteiger partial charge in [-0.25, -0.2) is 0 Å². The summed E-state index contributed by atoms with van der Waals surface area (Å²) in [5, 5.41) is 6.99. The predicted octanol–water partition coefficient (Wildman–Crippen LogP) is 7.42. The fourth-order valence-corrected chi connectivity index (χ4v) is 3.80. The average molecular weight is 379 g/mol. The minimum atomic E-state index is 1.06. The second-order valence-electron chi connectivity index (χ2n) is 7.31. The van der Waals surface area contributed by atoms with Crippen LogP contribution in [0.25, 0.3) is 22.3 Å². The molecule has 0 fully saturated rings. The van der Waals surface area contributed by atoms with Crippen molar-refractivity contribution in [1.82, 2.24) is 0 Å². The minimum Gasteiger partial charge on any atom is -0.388 e. The van der Waals surface area contributed by atoms with Crippen molar-refractivity contribution < 1.29 is 0 Å². The summed E-state index contributed by atoms with van der Waals surface area (Å²) in [5.41, 5.74) is 10.7. The maximum atomic E-state index is 3.63. The van der Waals surface area contributed by atoms with Gasteiger partial charge in [0.2, 0.25) is 0 Å². The van der Waals surface area contributed by atoms with Gasteiger partial charge in [-0.2, -0.15) is 0 Å². The van der Waals surface area contributed by atoms with Crippen LogP contribution in [0.5, 0.6) is 0 Å². The van der Waals surface area contributed by atoms with Crippen molar-refractivity contribution in [3.8, 4) is 22.3 Å². The summed E-state index contributed by atoms with van der Waals surface area (Å²) < 4.78 is 0. The van der Waals surface area contributed by atoms with Crippen molar-refractivity contribution >= 4 is 17.1 Å². The number of nitrogens with one attached hydrogen (secondary N) is 2. The van der Waals surface area contributed by atoms with Crippen molar-refractivity contribution in [2.45, 2.75) is 13.8 Å². The van der Waals surface area contributed by atoms with Crippen LogP contribution in [0.1, 0.15) is 11.1 Å². The average Bonchev–Trinajstić information content (AvgIpc) is 2.75. The van der Waals surface area contributed by atoms with Crippen LogP contribution >= 0.6 is 0 Å². The van der Waals surface area contributed by atoms with Gasteiger partial charge in [-0.1, -0.05) is 72.8 Å². The summed E-state index contributed by atoms with van der Waals surface area (Å²) in [7, 11) is 1.97. The van der Waals surface area contributed by atoms with Gasteiger partial charge in [0.05, 0.1) is 0 Å². The molecule has 0 bridgehead atoms. The number of aryl methyl sites for hydroxylation is 2. The lowest BCUT2D eigenvalue weighted by Crippen LogP contribution is -1.98. The molecule has 2 N–H and O–H groups in total. The second kappa shape index (κ2) is 8.24. The van der Waals surface area contributed by atoms with Gasteiger partial charge in [-0.05, 0) is 54.3 Å². The molecule has 0 saturated carbocycles. The van der Waals surface area contributed by atoms with E-state index in [0.717, 1.165) is 17.1 Å². The summed E-state index contributed by atoms with van der Waals surface area (Å²) >= 11 is 0. The van der Waals surface area contributed by atoms with E-state index in [4.69, 9.17) is 0 Å². The van der Waals surface area contributed by atoms with E-state index < -0.39 is 0 Å². The van der Waals surface area contributed by atoms with Gasteiger partial charge in [0.25, 0.3) is 0 Å². The van der Waals surface area contributed by atoms with Crippen molar-refractivity contribution in [3.05, 3.63) is 102 Å². The first-order chi connectivity index (χ1) is 14.2. The Balaban J connectivity index is 1.72. The molecule has 4 aromatic carbocycles. The van der Waals surface area contributed by atoms with Crippen molar-refractivity contribution in [2.75, 3.05) is 17.7 Å². The number of anilines is 3. The summed E-state index contributed by atoms with van der Waals surface area (Å²) in [5.74, 6) is 0. The molecule has 0 aliphatic carbocycles. The van der Waals surface area contributed by atoms with E-state index in [1.54, 1.807) is 0 Å². The molecule has 0 aliphatic rings. The fraction of sp³-hybridized carbons (Fsp3) is 0.111. The van der Waals surface area contributed by atoms with Crippen LogP contribution < -0.4 is 10.6 Å². The van der Waals surface area contributed by atoms with Crippen LogP contribution in [-0.2, 0) is 0 Å². The van der Waals surface area contributed by atoms with Crippen molar-refractivity contribution in [3.63, 3.8) is 0 Å². The van der Waals surface area contributed by atoms with Crippen LogP contribution in [0.15, 0.2) is 91.0 Å². The molecule has 4 rings (SSSR count). The Labute approximate surface area is 173 Å². The molecule has 0 spiro atoms. The standard InChI is InChI=1S/C27H26N2/c1-19-10-4-6-12-22(19)24-14-8-9-15-26(24)29-21-16-17-25(27(18-21)28-3)23-13-7-5-11-20(23)2/h4-18,28-29H,1-3H3. The third-order valence-corrected chi connectivity index (χ3v) is 5.37. The molecular formula is C27H26N2. The van der Waals surface area contributed by atoms with E-state index in [1.165, 1.54) is 33.4 Å². The normalized spacial score (nSPS) is 10.6. The number of rotatable bonds is 5. The van der Waals surface area contributed by atoms with Gasteiger partial charge < -0.3 is 10.6 Å². The highest BCUT2D eigenvalue weighted by molar-refractivity contribution is 5.86. The van der Waals surface area contributed by atoms with E-state index in [2.05, 4.69) is 115 Å². The molecule has 0 aromatic heterocycles. The molecule has 0 atom stereocenters. The molecule has 0 saturated heterocycles. The Hall–Kier alpha value is -3.52. The van der Waals surface area contributed by atoms with Gasteiger partial charge in [0.15, 0.2) is 0 Å². The smallest absolute Gasteiger partial charge is 0.0464 e. The third kappa shape index (κ3) is 3.88. The topological polar surface area (TPSA) is 24.1 Å². The quantitative estimate of drug-likeness (QED) is 0.377. The van der Waals surface area contributed by atoms with E-state index >= 15 is 0 Å². The number of benzene rings is 4. The third-order valence-electron chi connectivity index (χ3n) is 5.37. The molecule has 29 heavy (non-hydrogen) atoms. The predicted molar refractivity (Wildman–Crippen MR) is 126 cm³/mol. The van der Waals surface area contributed by atoms with Gasteiger partial charge in [-0.3, -0.25) is 0 Å². The van der Waals surface area contributed by atoms with Gasteiger partial charge >= 0.3 is 0 Å². The van der Waals surface area contributed by atoms with E-state index in [0.29, 0.717) is 0 Å². The van der Waals surface area contributed by atoms with Gasteiger partial charge in [0.1, 0.15) is 0 Å². The van der Waals surface area contributed by atoms with Crippen LogP contribution in [0.2, 0.25) is 0 Å². The summed E-state index contributed by atoms with van der Waals surface area (Å²) in [6.45, 7) is 4.31. The zero-order valence-electron chi connectivity index (χ0n) is 17.2. The number of para-hydroxylation sites is 1. The second-order valence-corrected chi connectivity index (χ2v) is 7.31. The summed E-state index contributed by atoms with van der Waals surface area (Å²) in [6, 6.07) is 32.0. The fourth-order valence-electron chi connectivity index (χ4n) is 3.80. The maximum Gasteiger partial charge on any atom is 0.0464 e. The number of hydrogen-bond donors (Lipinski definition) is 2. The first-order valence-corrected chi connectivity index (χ1v) is 9.97. The van der Waals surface area contributed by atoms with Crippen LogP contribution in [-0.4, -0.2) is 7.05 Å². The summed E-state index contributed by atoms with van der Waals surface area (Å²) in [4.78, 5) is 0. The highest BCUT2D eigenvalue weighted by Gasteiger charge is 2.10. The lowest BCUT2D eigenvalue weighted by atomic mass is 9.97. The number of hydrogen-bond acceptors (Lipinski definition) is 2. The molecule has 0 heterocycles. The molecule has 2 heteroatoms. The highest BCUT2D eigenvalue weighted by Crippen LogP contribution is 2.36. The molecule has 2 nitrogen and oxygen atoms in total. The van der Waals surface area contributed by atoms with Crippen LogP contribution in [0.3, 0.4) is 0 Å². The minimum absolute atomic E-state index is 1.06. The largest absolute Gasteiger partial charge is 0.388 e. The lowest BCUT2D eigenvalue weighted by Gasteiger charge is -2.17. The van der Waals surface area contributed by atoms with E-state index in [9.17, 15) is 0 Å². The first kappa shape index (κ1) is 18.8. The Morgan fingerprint density at radius 1 is 0.517 bits per heavy atom. The van der Waals surface area contributed by atoms with E-state index in [-0.39, 0.29) is 0 Å². The van der Waals surface area contributed by atoms with Crippen molar-refractivity contribution in [2.24, 2.45) is 0 Å². The van der Waals surface area contributed by atoms with Crippen LogP contribution in [0, 0.1) is 13.8 Å². The maximum absolute atomic E-state index is 3.63. The lowest BCUT2D eigenvalue weighted by molar-refractivity contribution is 1.43. The monoisotopic (exact) mass is 378 g/mol. The first-order valence-electron chi connectivity index (χ1n) is 9.97. The Bertz CT molecular complexity index is 1140. The Kier molecular flexibility index (Phi) is 5.35. The zero-order valence-corrected chi connectivity index (χ0v) is 17.2. The highest BCUT2D eigenvalue weighted by atomic mass is 14.9. The Morgan fingerprint density at radius 3 is 1.62 bits per heavy atom. The van der Waals surface area contributed by atoms with Crippen molar-refractivity contribution in [1.29, 1.82) is 0 Å². The SMILES string of the molecule is CNc1cc(Nc2ccccc2-c2ccccc2C)ccc1-c1ccccc1C. The molecule has 4 aromatic rings. The molecule has 144 valence electrons. The zero-order chi connectivity index (χ0) is 20.2. The molecule has 0 amide bonds. The molecule has 0 radical (unpaired) electrons. The summed E-state index contributed by atoms with van der Waals surface area (Å²) in [6.07, 6.45) is 0. The molecule has 0 aliphatic heterocycles. The van der Waals surface area contributed by atoms with E-state index in [1.807, 2.05) is 7.05 Å². The van der Waals surface area contributed by atoms with Gasteiger partial charge in [0, 0.05) is 35.2 Å².